The van der Waals surface area contributed by atoms with Gasteiger partial charge in [0.2, 0.25) is 0 Å². The highest BCUT2D eigenvalue weighted by Crippen LogP contribution is 2.41. The molecule has 140 valence electrons. The summed E-state index contributed by atoms with van der Waals surface area (Å²) in [6.45, 7) is 8.31. The lowest BCUT2D eigenvalue weighted by Crippen LogP contribution is -2.29. The second-order valence-corrected chi connectivity index (χ2v) is 8.26. The van der Waals surface area contributed by atoms with E-state index in [0.717, 1.165) is 11.1 Å². The summed E-state index contributed by atoms with van der Waals surface area (Å²) in [7, 11) is 0. The predicted octanol–water partition coefficient (Wildman–Crippen LogP) is 5.27. The van der Waals surface area contributed by atoms with Crippen molar-refractivity contribution in [2.45, 2.75) is 57.4 Å². The lowest BCUT2D eigenvalue weighted by Gasteiger charge is -2.26. The molecule has 0 radical (unpaired) electrons. The molecule has 0 aliphatic carbocycles. The summed E-state index contributed by atoms with van der Waals surface area (Å²) in [5.41, 5.74) is 1.55. The predicted molar refractivity (Wildman–Crippen MR) is 108 cm³/mol. The van der Waals surface area contributed by atoms with Crippen LogP contribution in [0.4, 0.5) is 0 Å². The minimum atomic E-state index is -0.385. The van der Waals surface area contributed by atoms with Crippen LogP contribution in [0.1, 0.15) is 57.3 Å². The van der Waals surface area contributed by atoms with Gasteiger partial charge < -0.3 is 9.47 Å². The molecule has 4 heteroatoms. The Kier molecular flexibility index (Phi) is 4.29. The summed E-state index contributed by atoms with van der Waals surface area (Å²) in [5, 5.41) is 0. The van der Waals surface area contributed by atoms with Gasteiger partial charge in [0, 0.05) is 0 Å². The summed E-state index contributed by atoms with van der Waals surface area (Å²) >= 11 is 0. The third-order valence-electron chi connectivity index (χ3n) is 5.16. The van der Waals surface area contributed by atoms with E-state index >= 15 is 0 Å². The van der Waals surface area contributed by atoms with Gasteiger partial charge in [0.25, 0.3) is 0 Å². The van der Waals surface area contributed by atoms with Crippen molar-refractivity contribution in [2.24, 2.45) is 9.98 Å². The van der Waals surface area contributed by atoms with E-state index in [1.54, 1.807) is 0 Å². The standard InChI is InChI=1S/C23H26N2O2/c1-22(2)20(16-11-7-5-8-12-16)24-18(26-22)15-19-25-21(23(3,4)27-19)17-13-9-6-10-14-17/h5-14,20-21H,15H2,1-4H3. The first kappa shape index (κ1) is 17.8. The van der Waals surface area contributed by atoms with Crippen LogP contribution < -0.4 is 0 Å². The maximum absolute atomic E-state index is 6.18. The third kappa shape index (κ3) is 3.48. The number of benzene rings is 2. The van der Waals surface area contributed by atoms with E-state index in [0.29, 0.717) is 18.2 Å². The van der Waals surface area contributed by atoms with Gasteiger partial charge in [-0.25, -0.2) is 9.98 Å². The Morgan fingerprint density at radius 1 is 0.667 bits per heavy atom. The fraction of sp³-hybridized carbons (Fsp3) is 0.391. The van der Waals surface area contributed by atoms with Crippen LogP contribution in [0, 0.1) is 0 Å². The Bertz CT molecular complexity index is 796. The third-order valence-corrected chi connectivity index (χ3v) is 5.16. The Hall–Kier alpha value is -2.62. The second kappa shape index (κ2) is 6.52. The first-order valence-electron chi connectivity index (χ1n) is 9.46. The number of nitrogens with zero attached hydrogens (tertiary/aromatic N) is 2. The maximum atomic E-state index is 6.18. The van der Waals surface area contributed by atoms with E-state index in [1.165, 1.54) is 0 Å². The van der Waals surface area contributed by atoms with Gasteiger partial charge >= 0.3 is 0 Å². The summed E-state index contributed by atoms with van der Waals surface area (Å²) < 4.78 is 12.4. The normalized spacial score (nSPS) is 25.3. The van der Waals surface area contributed by atoms with E-state index in [-0.39, 0.29) is 23.3 Å². The zero-order chi connectivity index (χ0) is 19.1. The zero-order valence-corrected chi connectivity index (χ0v) is 16.3. The Balaban J connectivity index is 1.56. The highest BCUT2D eigenvalue weighted by molar-refractivity contribution is 5.99. The molecule has 0 N–H and O–H groups in total. The Morgan fingerprint density at radius 2 is 1.04 bits per heavy atom. The van der Waals surface area contributed by atoms with Crippen LogP contribution in [0.3, 0.4) is 0 Å². The van der Waals surface area contributed by atoms with Gasteiger partial charge in [0.15, 0.2) is 11.8 Å². The van der Waals surface area contributed by atoms with E-state index in [9.17, 15) is 0 Å². The molecule has 0 saturated heterocycles. The van der Waals surface area contributed by atoms with Gasteiger partial charge in [-0.2, -0.15) is 0 Å². The molecule has 2 aliphatic rings. The minimum absolute atomic E-state index is 0.0198. The Labute approximate surface area is 161 Å². The molecule has 0 saturated carbocycles. The first-order chi connectivity index (χ1) is 12.9. The largest absolute Gasteiger partial charge is 0.472 e. The average molecular weight is 362 g/mol. The molecule has 2 aromatic carbocycles. The van der Waals surface area contributed by atoms with Crippen molar-refractivity contribution < 1.29 is 9.47 Å². The lowest BCUT2D eigenvalue weighted by molar-refractivity contribution is 0.0871. The van der Waals surface area contributed by atoms with Crippen molar-refractivity contribution in [3.8, 4) is 0 Å². The van der Waals surface area contributed by atoms with Crippen LogP contribution >= 0.6 is 0 Å². The molecule has 0 fully saturated rings. The first-order valence-corrected chi connectivity index (χ1v) is 9.46. The van der Waals surface area contributed by atoms with Crippen LogP contribution in [-0.2, 0) is 9.47 Å². The molecule has 4 rings (SSSR count). The molecule has 2 unspecified atom stereocenters. The van der Waals surface area contributed by atoms with Crippen LogP contribution in [0.2, 0.25) is 0 Å². The zero-order valence-electron chi connectivity index (χ0n) is 16.3. The fourth-order valence-corrected chi connectivity index (χ4v) is 3.89. The van der Waals surface area contributed by atoms with Crippen molar-refractivity contribution >= 4 is 11.8 Å². The van der Waals surface area contributed by atoms with Crippen molar-refractivity contribution in [3.05, 3.63) is 71.8 Å². The SMILES string of the molecule is CC1(C)OC(CC2=NC(c3ccccc3)C(C)(C)O2)=NC1c1ccccc1. The molecule has 2 aliphatic heterocycles. The van der Waals surface area contributed by atoms with Crippen molar-refractivity contribution in [1.82, 2.24) is 0 Å². The minimum Gasteiger partial charge on any atom is -0.472 e. The van der Waals surface area contributed by atoms with Crippen LogP contribution in [0.5, 0.6) is 0 Å². The molecule has 0 amide bonds. The van der Waals surface area contributed by atoms with Crippen molar-refractivity contribution in [1.29, 1.82) is 0 Å². The van der Waals surface area contributed by atoms with E-state index in [1.807, 2.05) is 36.4 Å². The molecule has 2 aromatic rings. The molecule has 0 aromatic heterocycles. The molecule has 2 atom stereocenters. The highest BCUT2D eigenvalue weighted by atomic mass is 16.5. The molecular formula is C23H26N2O2. The van der Waals surface area contributed by atoms with Gasteiger partial charge in [0.05, 0.1) is 6.42 Å². The van der Waals surface area contributed by atoms with Gasteiger partial charge in [-0.15, -0.1) is 0 Å². The van der Waals surface area contributed by atoms with Crippen LogP contribution in [0.25, 0.3) is 0 Å². The van der Waals surface area contributed by atoms with Gasteiger partial charge in [0.1, 0.15) is 23.3 Å². The molecule has 27 heavy (non-hydrogen) atoms. The maximum Gasteiger partial charge on any atom is 0.194 e. The topological polar surface area (TPSA) is 43.2 Å². The molecule has 2 heterocycles. The van der Waals surface area contributed by atoms with Gasteiger partial charge in [-0.1, -0.05) is 60.7 Å². The number of hydrogen-bond acceptors (Lipinski definition) is 4. The highest BCUT2D eigenvalue weighted by Gasteiger charge is 2.43. The van der Waals surface area contributed by atoms with Crippen LogP contribution in [0.15, 0.2) is 70.6 Å². The monoisotopic (exact) mass is 362 g/mol. The Morgan fingerprint density at radius 3 is 1.41 bits per heavy atom. The summed E-state index contributed by atoms with van der Waals surface area (Å²) in [4.78, 5) is 9.71. The quantitative estimate of drug-likeness (QED) is 0.743. The fourth-order valence-electron chi connectivity index (χ4n) is 3.89. The smallest absolute Gasteiger partial charge is 0.194 e. The van der Waals surface area contributed by atoms with Crippen LogP contribution in [-0.4, -0.2) is 23.0 Å². The number of hydrogen-bond donors (Lipinski definition) is 0. The van der Waals surface area contributed by atoms with E-state index < -0.39 is 0 Å². The summed E-state index contributed by atoms with van der Waals surface area (Å²) in [6, 6.07) is 20.5. The number of rotatable bonds is 4. The summed E-state index contributed by atoms with van der Waals surface area (Å²) in [5.74, 6) is 1.38. The molecule has 0 spiro atoms. The number of ether oxygens (including phenoxy) is 2. The molecule has 0 bridgehead atoms. The van der Waals surface area contributed by atoms with Crippen molar-refractivity contribution in [2.75, 3.05) is 0 Å². The van der Waals surface area contributed by atoms with Gasteiger partial charge in [-0.3, -0.25) is 0 Å². The van der Waals surface area contributed by atoms with Crippen molar-refractivity contribution in [3.63, 3.8) is 0 Å². The van der Waals surface area contributed by atoms with E-state index in [2.05, 4.69) is 52.0 Å². The van der Waals surface area contributed by atoms with Gasteiger partial charge in [-0.05, 0) is 38.8 Å². The second-order valence-electron chi connectivity index (χ2n) is 8.26. The van der Waals surface area contributed by atoms with E-state index in [4.69, 9.17) is 19.5 Å². The summed E-state index contributed by atoms with van der Waals surface area (Å²) in [6.07, 6.45) is 0.486. The number of aliphatic imine (C=N–C) groups is 2. The molecular weight excluding hydrogens is 336 g/mol. The average Bonchev–Trinajstić information content (AvgIpc) is 3.11. The molecule has 4 nitrogen and oxygen atoms in total. The lowest BCUT2D eigenvalue weighted by atomic mass is 9.93.